The largest absolute Gasteiger partial charge is 0.467 e. The maximum absolute atomic E-state index is 12.7. The third-order valence-electron chi connectivity index (χ3n) is 4.83. The van der Waals surface area contributed by atoms with Gasteiger partial charge in [-0.05, 0) is 12.1 Å². The van der Waals surface area contributed by atoms with E-state index in [1.54, 1.807) is 30.3 Å². The molecule has 0 bridgehead atoms. The Labute approximate surface area is 152 Å². The van der Waals surface area contributed by atoms with Crippen LogP contribution in [0.15, 0.2) is 30.3 Å². The highest BCUT2D eigenvalue weighted by Gasteiger charge is 2.68. The number of hydrogen-bond acceptors (Lipinski definition) is 6. The van der Waals surface area contributed by atoms with Gasteiger partial charge in [-0.15, -0.1) is 0 Å². The molecule has 0 spiro atoms. The Morgan fingerprint density at radius 3 is 2.46 bits per heavy atom. The molecule has 3 rings (SSSR count). The summed E-state index contributed by atoms with van der Waals surface area (Å²) in [5, 5.41) is 0. The third kappa shape index (κ3) is 2.76. The summed E-state index contributed by atoms with van der Waals surface area (Å²) >= 11 is 0. The molecule has 0 aliphatic carbocycles. The van der Waals surface area contributed by atoms with Gasteiger partial charge in [0.1, 0.15) is 12.3 Å². The first kappa shape index (κ1) is 18.4. The molecule has 0 radical (unpaired) electrons. The molecule has 0 unspecified atom stereocenters. The van der Waals surface area contributed by atoms with Gasteiger partial charge >= 0.3 is 11.9 Å². The van der Waals surface area contributed by atoms with Crippen LogP contribution in [0.3, 0.4) is 0 Å². The Kier molecular flexibility index (Phi) is 4.52. The lowest BCUT2D eigenvalue weighted by molar-refractivity contribution is -0.161. The summed E-state index contributed by atoms with van der Waals surface area (Å²) in [6.45, 7) is 5.69. The van der Waals surface area contributed by atoms with Crippen molar-refractivity contribution in [3.05, 3.63) is 35.9 Å². The number of nitrogens with zero attached hydrogens (tertiary/aromatic N) is 1. The molecule has 140 valence electrons. The van der Waals surface area contributed by atoms with E-state index in [1.807, 2.05) is 20.8 Å². The van der Waals surface area contributed by atoms with Crippen LogP contribution in [0.5, 0.6) is 0 Å². The van der Waals surface area contributed by atoms with Crippen LogP contribution in [0.25, 0.3) is 0 Å². The predicted octanol–water partition coefficient (Wildman–Crippen LogP) is 1.76. The summed E-state index contributed by atoms with van der Waals surface area (Å²) in [5.41, 5.74) is -1.51. The first-order chi connectivity index (χ1) is 12.2. The van der Waals surface area contributed by atoms with Crippen molar-refractivity contribution in [1.29, 1.82) is 0 Å². The molecule has 0 N–H and O–H groups in total. The van der Waals surface area contributed by atoms with Crippen molar-refractivity contribution in [2.45, 2.75) is 45.1 Å². The van der Waals surface area contributed by atoms with E-state index in [4.69, 9.17) is 14.2 Å². The summed E-state index contributed by atoms with van der Waals surface area (Å²) < 4.78 is 16.4. The molecule has 3 atom stereocenters. The average molecular weight is 361 g/mol. The van der Waals surface area contributed by atoms with Gasteiger partial charge in [0.25, 0.3) is 0 Å². The van der Waals surface area contributed by atoms with E-state index in [9.17, 15) is 14.4 Å². The number of methoxy groups -OCH3 is 1. The van der Waals surface area contributed by atoms with E-state index in [-0.39, 0.29) is 18.9 Å². The molecular formula is C19H23NO6. The number of fused-ring (bicyclic) bond motifs is 1. The number of rotatable bonds is 3. The number of hydrogen-bond donors (Lipinski definition) is 0. The molecule has 2 aliphatic heterocycles. The molecule has 2 aliphatic rings. The summed E-state index contributed by atoms with van der Waals surface area (Å²) in [7, 11) is 1.25. The van der Waals surface area contributed by atoms with Gasteiger partial charge in [-0.25, -0.2) is 9.59 Å². The van der Waals surface area contributed by atoms with Crippen LogP contribution in [0.1, 0.15) is 37.6 Å². The van der Waals surface area contributed by atoms with Crippen molar-refractivity contribution in [1.82, 2.24) is 4.90 Å². The summed E-state index contributed by atoms with van der Waals surface area (Å²) in [6.07, 6.45) is -1.65. The minimum atomic E-state index is -1.45. The van der Waals surface area contributed by atoms with Crippen molar-refractivity contribution in [2.75, 3.05) is 13.7 Å². The first-order valence-electron chi connectivity index (χ1n) is 8.50. The van der Waals surface area contributed by atoms with Crippen LogP contribution in [-0.2, 0) is 23.8 Å². The Morgan fingerprint density at radius 2 is 1.88 bits per heavy atom. The standard InChI is InChI=1S/C19H23NO6/c1-18(2,3)16-20-14(21)10-13(19(20,11-25-16)17(23)24-4)26-15(22)12-8-6-5-7-9-12/h5-9,13,16H,10-11H2,1-4H3/t13-,16+,19+/m0/s1. The normalized spacial score (nSPS) is 28.0. The fraction of sp³-hybridized carbons (Fsp3) is 0.526. The zero-order valence-corrected chi connectivity index (χ0v) is 15.4. The van der Waals surface area contributed by atoms with E-state index in [1.165, 1.54) is 12.0 Å². The number of carbonyl (C=O) groups excluding carboxylic acids is 3. The van der Waals surface area contributed by atoms with Crippen LogP contribution < -0.4 is 0 Å². The van der Waals surface area contributed by atoms with Crippen molar-refractivity contribution < 1.29 is 28.6 Å². The SMILES string of the molecule is COC(=O)[C@]12CO[C@H](C(C)(C)C)N1C(=O)C[C@@H]2OC(=O)c1ccccc1. The van der Waals surface area contributed by atoms with Gasteiger partial charge in [0.05, 0.1) is 25.7 Å². The minimum Gasteiger partial charge on any atom is -0.467 e. The number of esters is 2. The highest BCUT2D eigenvalue weighted by molar-refractivity contribution is 5.96. The molecule has 1 aromatic carbocycles. The van der Waals surface area contributed by atoms with Crippen molar-refractivity contribution in [3.63, 3.8) is 0 Å². The van der Waals surface area contributed by atoms with Gasteiger partial charge in [-0.2, -0.15) is 0 Å². The smallest absolute Gasteiger partial charge is 0.338 e. The molecule has 0 saturated carbocycles. The van der Waals surface area contributed by atoms with E-state index in [2.05, 4.69) is 0 Å². The van der Waals surface area contributed by atoms with Gasteiger partial charge in [0, 0.05) is 5.41 Å². The number of benzene rings is 1. The number of ether oxygens (including phenoxy) is 3. The molecule has 2 fully saturated rings. The molecular weight excluding hydrogens is 338 g/mol. The monoisotopic (exact) mass is 361 g/mol. The molecule has 2 saturated heterocycles. The lowest BCUT2D eigenvalue weighted by Crippen LogP contribution is -2.60. The molecule has 0 aromatic heterocycles. The lowest BCUT2D eigenvalue weighted by atomic mass is 9.90. The molecule has 1 amide bonds. The van der Waals surface area contributed by atoms with Crippen LogP contribution in [0.2, 0.25) is 0 Å². The Balaban J connectivity index is 1.95. The zero-order chi connectivity index (χ0) is 19.1. The van der Waals surface area contributed by atoms with E-state index < -0.39 is 35.2 Å². The molecule has 7 heteroatoms. The quantitative estimate of drug-likeness (QED) is 0.763. The van der Waals surface area contributed by atoms with Crippen molar-refractivity contribution in [2.24, 2.45) is 5.41 Å². The minimum absolute atomic E-state index is 0.0694. The highest BCUT2D eigenvalue weighted by Crippen LogP contribution is 2.46. The van der Waals surface area contributed by atoms with E-state index in [0.717, 1.165) is 0 Å². The maximum Gasteiger partial charge on any atom is 0.338 e. The number of amides is 1. The van der Waals surface area contributed by atoms with Gasteiger partial charge in [-0.3, -0.25) is 9.69 Å². The molecule has 1 aromatic rings. The average Bonchev–Trinajstić information content (AvgIpc) is 3.13. The molecule has 7 nitrogen and oxygen atoms in total. The summed E-state index contributed by atoms with van der Waals surface area (Å²) in [4.78, 5) is 39.3. The predicted molar refractivity (Wildman–Crippen MR) is 91.1 cm³/mol. The fourth-order valence-corrected chi connectivity index (χ4v) is 3.60. The van der Waals surface area contributed by atoms with Crippen molar-refractivity contribution in [3.8, 4) is 0 Å². The van der Waals surface area contributed by atoms with Crippen LogP contribution in [-0.4, -0.2) is 54.3 Å². The second-order valence-corrected chi connectivity index (χ2v) is 7.67. The third-order valence-corrected chi connectivity index (χ3v) is 4.83. The maximum atomic E-state index is 12.7. The Bertz CT molecular complexity index is 725. The van der Waals surface area contributed by atoms with E-state index >= 15 is 0 Å². The summed E-state index contributed by atoms with van der Waals surface area (Å²) in [5.74, 6) is -1.52. The van der Waals surface area contributed by atoms with Crippen LogP contribution in [0, 0.1) is 5.41 Å². The van der Waals surface area contributed by atoms with Crippen molar-refractivity contribution >= 4 is 17.8 Å². The van der Waals surface area contributed by atoms with Gasteiger partial charge in [0.2, 0.25) is 11.4 Å². The van der Waals surface area contributed by atoms with Crippen LogP contribution >= 0.6 is 0 Å². The molecule has 26 heavy (non-hydrogen) atoms. The first-order valence-corrected chi connectivity index (χ1v) is 8.50. The molecule has 2 heterocycles. The fourth-order valence-electron chi connectivity index (χ4n) is 3.60. The zero-order valence-electron chi connectivity index (χ0n) is 15.4. The Morgan fingerprint density at radius 1 is 1.23 bits per heavy atom. The van der Waals surface area contributed by atoms with Gasteiger partial charge in [0.15, 0.2) is 0 Å². The van der Waals surface area contributed by atoms with Crippen LogP contribution in [0.4, 0.5) is 0 Å². The number of carbonyl (C=O) groups is 3. The van der Waals surface area contributed by atoms with E-state index in [0.29, 0.717) is 5.56 Å². The second-order valence-electron chi connectivity index (χ2n) is 7.67. The topological polar surface area (TPSA) is 82.1 Å². The van der Waals surface area contributed by atoms with Gasteiger partial charge < -0.3 is 14.2 Å². The summed E-state index contributed by atoms with van der Waals surface area (Å²) in [6, 6.07) is 8.45. The van der Waals surface area contributed by atoms with Gasteiger partial charge in [-0.1, -0.05) is 39.0 Å². The second kappa shape index (κ2) is 6.39. The lowest BCUT2D eigenvalue weighted by Gasteiger charge is -2.37. The highest BCUT2D eigenvalue weighted by atomic mass is 16.6. The Hall–Kier alpha value is -2.41.